The van der Waals surface area contributed by atoms with Crippen LogP contribution in [0.15, 0.2) is 30.3 Å². The Kier molecular flexibility index (Phi) is 5.02. The van der Waals surface area contributed by atoms with Crippen molar-refractivity contribution < 1.29 is 0 Å². The topological polar surface area (TPSA) is 41.0 Å². The molecule has 1 heterocycles. The smallest absolute Gasteiger partial charge is 0.134 e. The fraction of sp³-hybridized carbons (Fsp3) is 0.375. The first-order chi connectivity index (χ1) is 10.0. The molecule has 0 aliphatic carbocycles. The summed E-state index contributed by atoms with van der Waals surface area (Å²) in [5, 5.41) is 3.98. The number of halogens is 1. The molecule has 0 aliphatic heterocycles. The van der Waals surface area contributed by atoms with E-state index >= 15 is 0 Å². The van der Waals surface area contributed by atoms with E-state index in [0.29, 0.717) is 0 Å². The summed E-state index contributed by atoms with van der Waals surface area (Å²) < 4.78 is 0. The quantitative estimate of drug-likeness (QED) is 0.904. The molecule has 2 aromatic rings. The van der Waals surface area contributed by atoms with Crippen LogP contribution in [0.1, 0.15) is 31.3 Å². The van der Waals surface area contributed by atoms with E-state index < -0.39 is 0 Å². The molecule has 112 valence electrons. The molecule has 0 saturated carbocycles. The van der Waals surface area contributed by atoms with Gasteiger partial charge in [-0.25, -0.2) is 9.97 Å². The van der Waals surface area contributed by atoms with Gasteiger partial charge in [0, 0.05) is 24.7 Å². The van der Waals surface area contributed by atoms with E-state index in [1.54, 1.807) is 0 Å². The molecule has 0 bridgehead atoms. The Bertz CT molecular complexity index is 615. The van der Waals surface area contributed by atoms with Crippen molar-refractivity contribution in [1.82, 2.24) is 9.97 Å². The van der Waals surface area contributed by atoms with Gasteiger partial charge in [-0.3, -0.25) is 0 Å². The summed E-state index contributed by atoms with van der Waals surface area (Å²) >= 11 is 6.08. The molecule has 1 N–H and O–H groups in total. The molecule has 1 aromatic heterocycles. The molecule has 0 amide bonds. The van der Waals surface area contributed by atoms with Crippen molar-refractivity contribution >= 4 is 23.2 Å². The Morgan fingerprint density at radius 1 is 1.29 bits per heavy atom. The Hall–Kier alpha value is -1.81. The monoisotopic (exact) mass is 304 g/mol. The maximum atomic E-state index is 6.08. The van der Waals surface area contributed by atoms with Crippen LogP contribution in [-0.2, 0) is 0 Å². The van der Waals surface area contributed by atoms with E-state index in [0.717, 1.165) is 34.6 Å². The van der Waals surface area contributed by atoms with E-state index in [2.05, 4.69) is 40.1 Å². The number of anilines is 2. The SMILES string of the molecule is CCNc1cc(N(C)C(C)c2cccc(Cl)c2)nc(C)n1. The molecular weight excluding hydrogens is 284 g/mol. The lowest BCUT2D eigenvalue weighted by Gasteiger charge is -2.27. The average molecular weight is 305 g/mol. The Morgan fingerprint density at radius 2 is 2.05 bits per heavy atom. The van der Waals surface area contributed by atoms with Crippen LogP contribution in [0.3, 0.4) is 0 Å². The van der Waals surface area contributed by atoms with Crippen molar-refractivity contribution in [1.29, 1.82) is 0 Å². The first kappa shape index (κ1) is 15.6. The van der Waals surface area contributed by atoms with Gasteiger partial charge in [0.15, 0.2) is 0 Å². The number of aromatic nitrogens is 2. The van der Waals surface area contributed by atoms with Gasteiger partial charge in [0.05, 0.1) is 6.04 Å². The Morgan fingerprint density at radius 3 is 2.71 bits per heavy atom. The van der Waals surface area contributed by atoms with Crippen molar-refractivity contribution in [3.8, 4) is 0 Å². The molecule has 21 heavy (non-hydrogen) atoms. The van der Waals surface area contributed by atoms with E-state index in [4.69, 9.17) is 11.6 Å². The van der Waals surface area contributed by atoms with Gasteiger partial charge >= 0.3 is 0 Å². The standard InChI is InChI=1S/C16H21ClN4/c1-5-18-15-10-16(20-12(3)19-15)21(4)11(2)13-7-6-8-14(17)9-13/h6-11H,5H2,1-4H3,(H,18,19,20). The molecule has 1 aromatic carbocycles. The fourth-order valence-corrected chi connectivity index (χ4v) is 2.39. The number of hydrogen-bond donors (Lipinski definition) is 1. The second kappa shape index (κ2) is 6.76. The van der Waals surface area contributed by atoms with Gasteiger partial charge in [0.2, 0.25) is 0 Å². The van der Waals surface area contributed by atoms with Crippen LogP contribution < -0.4 is 10.2 Å². The maximum Gasteiger partial charge on any atom is 0.134 e. The van der Waals surface area contributed by atoms with E-state index in [9.17, 15) is 0 Å². The van der Waals surface area contributed by atoms with Crippen LogP contribution in [-0.4, -0.2) is 23.6 Å². The van der Waals surface area contributed by atoms with Crippen molar-refractivity contribution in [3.63, 3.8) is 0 Å². The van der Waals surface area contributed by atoms with Gasteiger partial charge in [-0.1, -0.05) is 23.7 Å². The van der Waals surface area contributed by atoms with Gasteiger partial charge in [-0.2, -0.15) is 0 Å². The van der Waals surface area contributed by atoms with Gasteiger partial charge in [-0.15, -0.1) is 0 Å². The lowest BCUT2D eigenvalue weighted by atomic mass is 10.1. The largest absolute Gasteiger partial charge is 0.370 e. The summed E-state index contributed by atoms with van der Waals surface area (Å²) in [6, 6.07) is 10.1. The highest BCUT2D eigenvalue weighted by molar-refractivity contribution is 6.30. The minimum absolute atomic E-state index is 0.174. The third-order valence-electron chi connectivity index (χ3n) is 3.46. The van der Waals surface area contributed by atoms with Gasteiger partial charge < -0.3 is 10.2 Å². The highest BCUT2D eigenvalue weighted by Crippen LogP contribution is 2.26. The van der Waals surface area contributed by atoms with Gasteiger partial charge in [0.1, 0.15) is 17.5 Å². The van der Waals surface area contributed by atoms with Gasteiger partial charge in [-0.05, 0) is 38.5 Å². The zero-order valence-electron chi connectivity index (χ0n) is 12.9. The van der Waals surface area contributed by atoms with E-state index in [1.165, 1.54) is 0 Å². The second-order valence-electron chi connectivity index (χ2n) is 5.03. The summed E-state index contributed by atoms with van der Waals surface area (Å²) in [7, 11) is 2.03. The average Bonchev–Trinajstić information content (AvgIpc) is 2.45. The van der Waals surface area contributed by atoms with Crippen molar-refractivity contribution in [3.05, 3.63) is 46.7 Å². The van der Waals surface area contributed by atoms with Crippen LogP contribution in [0, 0.1) is 6.92 Å². The van der Waals surface area contributed by atoms with Crippen LogP contribution >= 0.6 is 11.6 Å². The predicted octanol–water partition coefficient (Wildman–Crippen LogP) is 4.07. The molecular formula is C16H21ClN4. The number of rotatable bonds is 5. The first-order valence-corrected chi connectivity index (χ1v) is 7.47. The minimum Gasteiger partial charge on any atom is -0.370 e. The molecule has 5 heteroatoms. The molecule has 1 unspecified atom stereocenters. The van der Waals surface area contributed by atoms with E-state index in [-0.39, 0.29) is 6.04 Å². The van der Waals surface area contributed by atoms with Crippen LogP contribution in [0.2, 0.25) is 5.02 Å². The lowest BCUT2D eigenvalue weighted by molar-refractivity contribution is 0.725. The van der Waals surface area contributed by atoms with Crippen molar-refractivity contribution in [2.75, 3.05) is 23.8 Å². The number of hydrogen-bond acceptors (Lipinski definition) is 4. The van der Waals surface area contributed by atoms with Crippen LogP contribution in [0.5, 0.6) is 0 Å². The minimum atomic E-state index is 0.174. The zero-order valence-corrected chi connectivity index (χ0v) is 13.6. The molecule has 1 atom stereocenters. The highest BCUT2D eigenvalue weighted by Gasteiger charge is 2.15. The van der Waals surface area contributed by atoms with E-state index in [1.807, 2.05) is 38.2 Å². The van der Waals surface area contributed by atoms with Gasteiger partial charge in [0.25, 0.3) is 0 Å². The number of benzene rings is 1. The summed E-state index contributed by atoms with van der Waals surface area (Å²) in [5.41, 5.74) is 1.16. The Labute approximate surface area is 131 Å². The summed E-state index contributed by atoms with van der Waals surface area (Å²) in [6.07, 6.45) is 0. The Balaban J connectivity index is 2.28. The third-order valence-corrected chi connectivity index (χ3v) is 3.69. The van der Waals surface area contributed by atoms with Crippen LogP contribution in [0.25, 0.3) is 0 Å². The molecule has 0 saturated heterocycles. The van der Waals surface area contributed by atoms with Crippen molar-refractivity contribution in [2.24, 2.45) is 0 Å². The number of aryl methyl sites for hydroxylation is 1. The number of nitrogens with one attached hydrogen (secondary N) is 1. The molecule has 0 radical (unpaired) electrons. The van der Waals surface area contributed by atoms with Crippen LogP contribution in [0.4, 0.5) is 11.6 Å². The number of nitrogens with zero attached hydrogens (tertiary/aromatic N) is 3. The molecule has 0 spiro atoms. The lowest BCUT2D eigenvalue weighted by Crippen LogP contribution is -2.23. The summed E-state index contributed by atoms with van der Waals surface area (Å²) in [6.45, 7) is 6.93. The predicted molar refractivity (Wildman–Crippen MR) is 89.2 cm³/mol. The summed E-state index contributed by atoms with van der Waals surface area (Å²) in [4.78, 5) is 11.0. The molecule has 4 nitrogen and oxygen atoms in total. The fourth-order valence-electron chi connectivity index (χ4n) is 2.19. The maximum absolute atomic E-state index is 6.08. The highest BCUT2D eigenvalue weighted by atomic mass is 35.5. The third kappa shape index (κ3) is 3.85. The summed E-state index contributed by atoms with van der Waals surface area (Å²) in [5.74, 6) is 2.50. The second-order valence-corrected chi connectivity index (χ2v) is 5.47. The molecule has 0 fully saturated rings. The zero-order chi connectivity index (χ0) is 15.4. The van der Waals surface area contributed by atoms with Crippen molar-refractivity contribution in [2.45, 2.75) is 26.8 Å². The molecule has 2 rings (SSSR count). The normalized spacial score (nSPS) is 12.0. The molecule has 0 aliphatic rings. The first-order valence-electron chi connectivity index (χ1n) is 7.09.